The summed E-state index contributed by atoms with van der Waals surface area (Å²) in [6, 6.07) is 16.8. The molecule has 1 atom stereocenters. The third kappa shape index (κ3) is 2.24. The van der Waals surface area contributed by atoms with Gasteiger partial charge >= 0.3 is 0 Å². The number of aryl methyl sites for hydroxylation is 1. The van der Waals surface area contributed by atoms with Crippen molar-refractivity contribution in [3.63, 3.8) is 0 Å². The molecule has 1 aliphatic rings. The van der Waals surface area contributed by atoms with E-state index >= 15 is 0 Å². The molecule has 1 amide bonds. The smallest absolute Gasteiger partial charge is 0.220 e. The van der Waals surface area contributed by atoms with Crippen molar-refractivity contribution in [1.82, 2.24) is 9.88 Å². The minimum atomic E-state index is -0.0245. The third-order valence-electron chi connectivity index (χ3n) is 4.80. The molecular formula is C20H20N2O. The number of hydrogen-bond donors (Lipinski definition) is 1. The molecule has 3 heteroatoms. The molecule has 0 saturated carbocycles. The van der Waals surface area contributed by atoms with Gasteiger partial charge in [-0.2, -0.15) is 0 Å². The van der Waals surface area contributed by atoms with Gasteiger partial charge in [0.2, 0.25) is 5.91 Å². The van der Waals surface area contributed by atoms with E-state index in [-0.39, 0.29) is 11.9 Å². The van der Waals surface area contributed by atoms with Crippen LogP contribution < -0.4 is 0 Å². The summed E-state index contributed by atoms with van der Waals surface area (Å²) in [6.45, 7) is 4.52. The molecule has 116 valence electrons. The second kappa shape index (κ2) is 5.27. The zero-order chi connectivity index (χ0) is 16.0. The van der Waals surface area contributed by atoms with E-state index in [1.807, 2.05) is 4.90 Å². The summed E-state index contributed by atoms with van der Waals surface area (Å²) < 4.78 is 0. The quantitative estimate of drug-likeness (QED) is 0.725. The van der Waals surface area contributed by atoms with E-state index in [0.29, 0.717) is 0 Å². The monoisotopic (exact) mass is 304 g/mol. The number of fused-ring (bicyclic) bond motifs is 3. The lowest BCUT2D eigenvalue weighted by atomic mass is 9.91. The van der Waals surface area contributed by atoms with Gasteiger partial charge in [-0.1, -0.05) is 48.0 Å². The van der Waals surface area contributed by atoms with Gasteiger partial charge in [0.05, 0.1) is 6.04 Å². The standard InChI is InChI=1S/C20H20N2O/c1-13-6-5-7-15(12-13)20-19-17(10-11-22(20)14(2)23)16-8-3-4-9-18(16)21-19/h3-9,12,20-21H,10-11H2,1-2H3. The average Bonchev–Trinajstić information content (AvgIpc) is 2.92. The number of nitrogens with one attached hydrogen (secondary N) is 1. The van der Waals surface area contributed by atoms with Gasteiger partial charge in [0.15, 0.2) is 0 Å². The number of benzene rings is 2. The first-order chi connectivity index (χ1) is 11.1. The van der Waals surface area contributed by atoms with Crippen molar-refractivity contribution in [2.75, 3.05) is 6.54 Å². The van der Waals surface area contributed by atoms with Crippen LogP contribution in [0.1, 0.15) is 35.3 Å². The molecule has 0 spiro atoms. The number of hydrogen-bond acceptors (Lipinski definition) is 1. The number of carbonyl (C=O) groups excluding carboxylic acids is 1. The molecule has 1 aromatic heterocycles. The summed E-state index contributed by atoms with van der Waals surface area (Å²) in [5.74, 6) is 0.126. The molecule has 0 aliphatic carbocycles. The third-order valence-corrected chi connectivity index (χ3v) is 4.80. The fraction of sp³-hybridized carbons (Fsp3) is 0.250. The topological polar surface area (TPSA) is 36.1 Å². The van der Waals surface area contributed by atoms with Gasteiger partial charge in [-0.15, -0.1) is 0 Å². The molecular weight excluding hydrogens is 284 g/mol. The number of H-pyrrole nitrogens is 1. The zero-order valence-corrected chi connectivity index (χ0v) is 13.5. The Bertz CT molecular complexity index is 894. The van der Waals surface area contributed by atoms with E-state index in [0.717, 1.165) is 18.5 Å². The number of amides is 1. The Morgan fingerprint density at radius 1 is 1.17 bits per heavy atom. The normalized spacial score (nSPS) is 17.3. The number of rotatable bonds is 1. The first-order valence-corrected chi connectivity index (χ1v) is 8.08. The van der Waals surface area contributed by atoms with Gasteiger partial charge in [0.25, 0.3) is 0 Å². The molecule has 0 saturated heterocycles. The molecule has 1 unspecified atom stereocenters. The Morgan fingerprint density at radius 3 is 2.78 bits per heavy atom. The van der Waals surface area contributed by atoms with Gasteiger partial charge in [-0.3, -0.25) is 4.79 Å². The molecule has 0 radical (unpaired) electrons. The lowest BCUT2D eigenvalue weighted by Crippen LogP contribution is -2.39. The van der Waals surface area contributed by atoms with Crippen molar-refractivity contribution in [1.29, 1.82) is 0 Å². The average molecular weight is 304 g/mol. The molecule has 3 aromatic rings. The maximum Gasteiger partial charge on any atom is 0.220 e. The van der Waals surface area contributed by atoms with Gasteiger partial charge < -0.3 is 9.88 Å². The summed E-state index contributed by atoms with van der Waals surface area (Å²) in [4.78, 5) is 17.8. The number of nitrogens with zero attached hydrogens (tertiary/aromatic N) is 1. The summed E-state index contributed by atoms with van der Waals surface area (Å²) >= 11 is 0. The molecule has 4 rings (SSSR count). The molecule has 1 aliphatic heterocycles. The van der Waals surface area contributed by atoms with Crippen LogP contribution in [0.2, 0.25) is 0 Å². The highest BCUT2D eigenvalue weighted by atomic mass is 16.2. The van der Waals surface area contributed by atoms with Crippen LogP contribution >= 0.6 is 0 Å². The van der Waals surface area contributed by atoms with Crippen molar-refractivity contribution >= 4 is 16.8 Å². The van der Waals surface area contributed by atoms with E-state index in [1.54, 1.807) is 6.92 Å². The Hall–Kier alpha value is -2.55. The van der Waals surface area contributed by atoms with E-state index in [2.05, 4.69) is 60.4 Å². The largest absolute Gasteiger partial charge is 0.356 e. The first-order valence-electron chi connectivity index (χ1n) is 8.08. The number of para-hydroxylation sites is 1. The van der Waals surface area contributed by atoms with E-state index in [9.17, 15) is 4.79 Å². The molecule has 1 N–H and O–H groups in total. The summed E-state index contributed by atoms with van der Waals surface area (Å²) in [6.07, 6.45) is 0.904. The molecule has 23 heavy (non-hydrogen) atoms. The maximum atomic E-state index is 12.2. The number of aromatic nitrogens is 1. The summed E-state index contributed by atoms with van der Waals surface area (Å²) in [7, 11) is 0. The van der Waals surface area contributed by atoms with Crippen LogP contribution in [0, 0.1) is 6.92 Å². The van der Waals surface area contributed by atoms with Crippen molar-refractivity contribution in [3.8, 4) is 0 Å². The van der Waals surface area contributed by atoms with Gasteiger partial charge in [-0.05, 0) is 30.5 Å². The Labute approximate surface area is 135 Å². The highest BCUT2D eigenvalue weighted by Gasteiger charge is 2.32. The lowest BCUT2D eigenvalue weighted by Gasteiger charge is -2.35. The summed E-state index contributed by atoms with van der Waals surface area (Å²) in [5.41, 5.74) is 6.06. The van der Waals surface area contributed by atoms with Gasteiger partial charge in [0, 0.05) is 30.1 Å². The Balaban J connectivity index is 1.95. The molecule has 0 fully saturated rings. The van der Waals surface area contributed by atoms with Crippen molar-refractivity contribution in [2.24, 2.45) is 0 Å². The van der Waals surface area contributed by atoms with Crippen LogP contribution in [0.25, 0.3) is 10.9 Å². The van der Waals surface area contributed by atoms with Crippen LogP contribution in [0.5, 0.6) is 0 Å². The minimum Gasteiger partial charge on any atom is -0.356 e. The summed E-state index contributed by atoms with van der Waals surface area (Å²) in [5, 5.41) is 1.28. The zero-order valence-electron chi connectivity index (χ0n) is 13.5. The highest BCUT2D eigenvalue weighted by Crippen LogP contribution is 2.38. The van der Waals surface area contributed by atoms with Crippen LogP contribution in [0.4, 0.5) is 0 Å². The van der Waals surface area contributed by atoms with Gasteiger partial charge in [-0.25, -0.2) is 0 Å². The number of aromatic amines is 1. The molecule has 2 heterocycles. The van der Waals surface area contributed by atoms with Crippen LogP contribution in [-0.4, -0.2) is 22.3 Å². The maximum absolute atomic E-state index is 12.2. The van der Waals surface area contributed by atoms with E-state index in [4.69, 9.17) is 0 Å². The van der Waals surface area contributed by atoms with Crippen LogP contribution in [0.3, 0.4) is 0 Å². The second-order valence-electron chi connectivity index (χ2n) is 6.34. The lowest BCUT2D eigenvalue weighted by molar-refractivity contribution is -0.130. The fourth-order valence-corrected chi connectivity index (χ4v) is 3.77. The predicted octanol–water partition coefficient (Wildman–Crippen LogP) is 3.97. The Morgan fingerprint density at radius 2 is 2.00 bits per heavy atom. The van der Waals surface area contributed by atoms with E-state index in [1.165, 1.54) is 27.8 Å². The molecule has 3 nitrogen and oxygen atoms in total. The van der Waals surface area contributed by atoms with Crippen molar-refractivity contribution < 1.29 is 4.79 Å². The SMILES string of the molecule is CC(=O)N1CCc2c([nH]c3ccccc23)C1c1cccc(C)c1. The minimum absolute atomic E-state index is 0.0245. The molecule has 0 bridgehead atoms. The van der Waals surface area contributed by atoms with Crippen molar-refractivity contribution in [2.45, 2.75) is 26.3 Å². The Kier molecular flexibility index (Phi) is 3.22. The van der Waals surface area contributed by atoms with E-state index < -0.39 is 0 Å². The van der Waals surface area contributed by atoms with Gasteiger partial charge in [0.1, 0.15) is 0 Å². The number of carbonyl (C=O) groups is 1. The van der Waals surface area contributed by atoms with Crippen LogP contribution in [-0.2, 0) is 11.2 Å². The predicted molar refractivity (Wildman–Crippen MR) is 92.4 cm³/mol. The van der Waals surface area contributed by atoms with Crippen molar-refractivity contribution in [3.05, 3.63) is 70.9 Å². The highest BCUT2D eigenvalue weighted by molar-refractivity contribution is 5.86. The first kappa shape index (κ1) is 14.1. The molecule has 2 aromatic carbocycles. The second-order valence-corrected chi connectivity index (χ2v) is 6.34. The fourth-order valence-electron chi connectivity index (χ4n) is 3.77. The van der Waals surface area contributed by atoms with Crippen LogP contribution in [0.15, 0.2) is 48.5 Å².